The molecule has 2 heterocycles. The molecule has 0 bridgehead atoms. The molecule has 0 aliphatic heterocycles. The van der Waals surface area contributed by atoms with E-state index in [1.54, 1.807) is 0 Å². The Hall–Kier alpha value is -2.16. The molecule has 0 spiro atoms. The monoisotopic (exact) mass is 253 g/mol. The molecule has 0 radical (unpaired) electrons. The number of aromatic nitrogens is 3. The zero-order valence-corrected chi connectivity index (χ0v) is 11.6. The van der Waals surface area contributed by atoms with Crippen LogP contribution in [0.2, 0.25) is 0 Å². The van der Waals surface area contributed by atoms with Crippen molar-refractivity contribution < 1.29 is 0 Å². The number of nitrogens with zero attached hydrogens (tertiary/aromatic N) is 3. The highest BCUT2D eigenvalue weighted by atomic mass is 15.0. The SMILES string of the molecule is CC(C)c1nccn1C.c1ccc2ncccc2c1. The predicted molar refractivity (Wildman–Crippen MR) is 79.0 cm³/mol. The summed E-state index contributed by atoms with van der Waals surface area (Å²) in [5.41, 5.74) is 1.06. The Morgan fingerprint density at radius 1 is 0.947 bits per heavy atom. The second-order valence-electron chi connectivity index (χ2n) is 4.75. The van der Waals surface area contributed by atoms with E-state index in [-0.39, 0.29) is 0 Å². The van der Waals surface area contributed by atoms with Gasteiger partial charge in [0.25, 0.3) is 0 Å². The summed E-state index contributed by atoms with van der Waals surface area (Å²) in [5.74, 6) is 1.68. The normalized spacial score (nSPS) is 10.3. The van der Waals surface area contributed by atoms with Gasteiger partial charge in [0.15, 0.2) is 0 Å². The quantitative estimate of drug-likeness (QED) is 0.660. The number of benzene rings is 1. The summed E-state index contributed by atoms with van der Waals surface area (Å²) in [6, 6.07) is 12.1. The summed E-state index contributed by atoms with van der Waals surface area (Å²) < 4.78 is 2.05. The van der Waals surface area contributed by atoms with Gasteiger partial charge >= 0.3 is 0 Å². The topological polar surface area (TPSA) is 30.7 Å². The zero-order chi connectivity index (χ0) is 13.7. The molecule has 0 saturated carbocycles. The molecule has 0 saturated heterocycles. The lowest BCUT2D eigenvalue weighted by Gasteiger charge is -2.02. The van der Waals surface area contributed by atoms with E-state index in [0.29, 0.717) is 5.92 Å². The van der Waals surface area contributed by atoms with E-state index in [2.05, 4.69) is 35.9 Å². The second kappa shape index (κ2) is 6.14. The molecule has 1 aromatic carbocycles. The summed E-state index contributed by atoms with van der Waals surface area (Å²) in [6.07, 6.45) is 5.60. The maximum absolute atomic E-state index is 4.18. The van der Waals surface area contributed by atoms with Crippen molar-refractivity contribution in [2.24, 2.45) is 7.05 Å². The molecule has 0 atom stereocenters. The molecule has 0 aliphatic carbocycles. The third-order valence-corrected chi connectivity index (χ3v) is 2.89. The van der Waals surface area contributed by atoms with Gasteiger partial charge in [0.2, 0.25) is 0 Å². The van der Waals surface area contributed by atoms with Crippen molar-refractivity contribution in [3.63, 3.8) is 0 Å². The number of para-hydroxylation sites is 1. The van der Waals surface area contributed by atoms with Crippen molar-refractivity contribution in [2.75, 3.05) is 0 Å². The molecule has 2 aromatic heterocycles. The van der Waals surface area contributed by atoms with Gasteiger partial charge in [0.1, 0.15) is 5.82 Å². The molecule has 3 nitrogen and oxygen atoms in total. The third kappa shape index (κ3) is 3.41. The molecular formula is C16H19N3. The molecule has 19 heavy (non-hydrogen) atoms. The molecule has 0 fully saturated rings. The van der Waals surface area contributed by atoms with Crippen LogP contribution in [0.1, 0.15) is 25.6 Å². The fourth-order valence-electron chi connectivity index (χ4n) is 1.95. The van der Waals surface area contributed by atoms with Crippen molar-refractivity contribution in [2.45, 2.75) is 19.8 Å². The number of rotatable bonds is 1. The number of imidazole rings is 1. The van der Waals surface area contributed by atoms with Gasteiger partial charge in [-0.25, -0.2) is 4.98 Å². The van der Waals surface area contributed by atoms with Crippen molar-refractivity contribution in [1.82, 2.24) is 14.5 Å². The zero-order valence-electron chi connectivity index (χ0n) is 11.6. The molecule has 98 valence electrons. The highest BCUT2D eigenvalue weighted by Gasteiger charge is 2.01. The van der Waals surface area contributed by atoms with E-state index in [1.807, 2.05) is 54.5 Å². The Balaban J connectivity index is 0.000000141. The highest BCUT2D eigenvalue weighted by molar-refractivity contribution is 5.77. The van der Waals surface area contributed by atoms with Gasteiger partial charge < -0.3 is 4.57 Å². The second-order valence-corrected chi connectivity index (χ2v) is 4.75. The van der Waals surface area contributed by atoms with Crippen molar-refractivity contribution in [3.05, 3.63) is 60.8 Å². The number of pyridine rings is 1. The van der Waals surface area contributed by atoms with Crippen LogP contribution in [0.15, 0.2) is 55.0 Å². The minimum absolute atomic E-state index is 0.532. The van der Waals surface area contributed by atoms with E-state index < -0.39 is 0 Å². The minimum Gasteiger partial charge on any atom is -0.338 e. The molecule has 3 heteroatoms. The van der Waals surface area contributed by atoms with E-state index in [0.717, 1.165) is 11.3 Å². The predicted octanol–water partition coefficient (Wildman–Crippen LogP) is 3.78. The van der Waals surface area contributed by atoms with Crippen molar-refractivity contribution in [1.29, 1.82) is 0 Å². The van der Waals surface area contributed by atoms with Crippen LogP contribution < -0.4 is 0 Å². The summed E-state index contributed by atoms with van der Waals surface area (Å²) in [4.78, 5) is 8.36. The van der Waals surface area contributed by atoms with Gasteiger partial charge in [0.05, 0.1) is 5.52 Å². The smallest absolute Gasteiger partial charge is 0.110 e. The first-order chi connectivity index (χ1) is 9.18. The van der Waals surface area contributed by atoms with Crippen LogP contribution in [0.25, 0.3) is 10.9 Å². The van der Waals surface area contributed by atoms with Gasteiger partial charge in [0, 0.05) is 36.9 Å². The fourth-order valence-corrected chi connectivity index (χ4v) is 1.95. The van der Waals surface area contributed by atoms with Gasteiger partial charge in [-0.15, -0.1) is 0 Å². The molecule has 0 N–H and O–H groups in total. The Morgan fingerprint density at radius 2 is 1.68 bits per heavy atom. The largest absolute Gasteiger partial charge is 0.338 e. The van der Waals surface area contributed by atoms with E-state index in [9.17, 15) is 0 Å². The molecule has 3 rings (SSSR count). The van der Waals surface area contributed by atoms with Crippen LogP contribution in [0.3, 0.4) is 0 Å². The number of hydrogen-bond donors (Lipinski definition) is 0. The van der Waals surface area contributed by atoms with Crippen LogP contribution in [-0.2, 0) is 7.05 Å². The Morgan fingerprint density at radius 3 is 2.26 bits per heavy atom. The lowest BCUT2D eigenvalue weighted by atomic mass is 10.2. The van der Waals surface area contributed by atoms with Gasteiger partial charge in [-0.2, -0.15) is 0 Å². The van der Waals surface area contributed by atoms with Crippen molar-refractivity contribution >= 4 is 10.9 Å². The number of aryl methyl sites for hydroxylation is 1. The summed E-state index contributed by atoms with van der Waals surface area (Å²) in [5, 5.41) is 1.20. The molecule has 0 amide bonds. The lowest BCUT2D eigenvalue weighted by Crippen LogP contribution is -1.98. The molecule has 0 unspecified atom stereocenters. The molecule has 0 aliphatic rings. The summed E-state index contributed by atoms with van der Waals surface area (Å²) in [7, 11) is 2.02. The van der Waals surface area contributed by atoms with Crippen LogP contribution in [-0.4, -0.2) is 14.5 Å². The van der Waals surface area contributed by atoms with Gasteiger partial charge in [-0.1, -0.05) is 38.1 Å². The maximum atomic E-state index is 4.18. The lowest BCUT2D eigenvalue weighted by molar-refractivity contribution is 0.711. The van der Waals surface area contributed by atoms with E-state index in [4.69, 9.17) is 0 Å². The number of hydrogen-bond acceptors (Lipinski definition) is 2. The van der Waals surface area contributed by atoms with E-state index in [1.165, 1.54) is 5.39 Å². The van der Waals surface area contributed by atoms with Crippen molar-refractivity contribution in [3.8, 4) is 0 Å². The van der Waals surface area contributed by atoms with E-state index >= 15 is 0 Å². The Labute approximate surface area is 113 Å². The summed E-state index contributed by atoms with van der Waals surface area (Å²) in [6.45, 7) is 4.28. The van der Waals surface area contributed by atoms with Gasteiger partial charge in [-0.3, -0.25) is 4.98 Å². The first-order valence-corrected chi connectivity index (χ1v) is 6.45. The Kier molecular flexibility index (Phi) is 4.29. The first kappa shape index (κ1) is 13.3. The highest BCUT2D eigenvalue weighted by Crippen LogP contribution is 2.09. The van der Waals surface area contributed by atoms with Crippen LogP contribution in [0, 0.1) is 0 Å². The maximum Gasteiger partial charge on any atom is 0.110 e. The Bertz CT molecular complexity index is 576. The molecular weight excluding hydrogens is 234 g/mol. The first-order valence-electron chi connectivity index (χ1n) is 6.45. The minimum atomic E-state index is 0.532. The third-order valence-electron chi connectivity index (χ3n) is 2.89. The van der Waals surface area contributed by atoms with Crippen LogP contribution in [0.5, 0.6) is 0 Å². The molecule has 3 aromatic rings. The standard InChI is InChI=1S/C9H7N.C7H12N2/c1-2-6-9-8(4-1)5-3-7-10-9;1-6(2)7-8-4-5-9(7)3/h1-7H;4-6H,1-3H3. The summed E-state index contributed by atoms with van der Waals surface area (Å²) >= 11 is 0. The fraction of sp³-hybridized carbons (Fsp3) is 0.250. The van der Waals surface area contributed by atoms with Crippen LogP contribution >= 0.6 is 0 Å². The van der Waals surface area contributed by atoms with Crippen LogP contribution in [0.4, 0.5) is 0 Å². The van der Waals surface area contributed by atoms with Gasteiger partial charge in [-0.05, 0) is 12.1 Å². The average Bonchev–Trinajstić information content (AvgIpc) is 2.86. The number of fused-ring (bicyclic) bond motifs is 1. The average molecular weight is 253 g/mol.